The summed E-state index contributed by atoms with van der Waals surface area (Å²) in [6.07, 6.45) is 2.91. The summed E-state index contributed by atoms with van der Waals surface area (Å²) in [5, 5.41) is 15.3. The number of amides is 1. The lowest BCUT2D eigenvalue weighted by molar-refractivity contribution is -0.135. The zero-order valence-electron chi connectivity index (χ0n) is 18.9. The number of benzene rings is 1. The molecule has 1 aromatic heterocycles. The zero-order chi connectivity index (χ0) is 24.4. The zero-order valence-corrected chi connectivity index (χ0v) is 19.7. The third-order valence-corrected chi connectivity index (χ3v) is 5.69. The molecule has 1 heterocycles. The van der Waals surface area contributed by atoms with Crippen LogP contribution in [0.4, 0.5) is 11.4 Å². The van der Waals surface area contributed by atoms with Gasteiger partial charge in [-0.25, -0.2) is 4.79 Å². The van der Waals surface area contributed by atoms with Crippen molar-refractivity contribution in [3.8, 4) is 6.07 Å². The molecule has 0 saturated carbocycles. The van der Waals surface area contributed by atoms with Crippen molar-refractivity contribution in [2.24, 2.45) is 0 Å². The lowest BCUT2D eigenvalue weighted by Crippen LogP contribution is -2.32. The Balaban J connectivity index is 2.34. The van der Waals surface area contributed by atoms with E-state index in [0.29, 0.717) is 15.9 Å². The Kier molecular flexibility index (Phi) is 9.60. The maximum absolute atomic E-state index is 12.8. The van der Waals surface area contributed by atoms with Crippen molar-refractivity contribution in [2.75, 3.05) is 37.4 Å². The Morgan fingerprint density at radius 1 is 1.33 bits per heavy atom. The Hall–Kier alpha value is -3.68. The molecule has 0 fully saturated rings. The van der Waals surface area contributed by atoms with Crippen molar-refractivity contribution in [3.05, 3.63) is 56.5 Å². The van der Waals surface area contributed by atoms with Crippen LogP contribution in [0.3, 0.4) is 0 Å². The lowest BCUT2D eigenvalue weighted by Gasteiger charge is -2.13. The fraction of sp³-hybridized carbons (Fsp3) is 0.304. The number of carbonyl (C=O) groups is 2. The molecule has 2 aromatic rings. The number of aromatic nitrogens is 1. The van der Waals surface area contributed by atoms with E-state index in [2.05, 4.69) is 17.2 Å². The first-order valence-electron chi connectivity index (χ1n) is 10.3. The van der Waals surface area contributed by atoms with Crippen molar-refractivity contribution < 1.29 is 14.3 Å². The quantitative estimate of drug-likeness (QED) is 0.395. The minimum atomic E-state index is -0.808. The molecule has 0 unspecified atom stereocenters. The number of rotatable bonds is 10. The number of nitriles is 1. The van der Waals surface area contributed by atoms with Gasteiger partial charge in [0.1, 0.15) is 21.9 Å². The summed E-state index contributed by atoms with van der Waals surface area (Å²) in [6.45, 7) is 8.49. The summed E-state index contributed by atoms with van der Waals surface area (Å²) in [4.78, 5) is 39.0. The molecule has 0 saturated heterocycles. The highest BCUT2D eigenvalue weighted by molar-refractivity contribution is 7.07. The highest BCUT2D eigenvalue weighted by Gasteiger charge is 2.16. The van der Waals surface area contributed by atoms with Gasteiger partial charge in [-0.05, 0) is 38.7 Å². The van der Waals surface area contributed by atoms with Gasteiger partial charge in [0.15, 0.2) is 5.57 Å². The van der Waals surface area contributed by atoms with Crippen molar-refractivity contribution in [2.45, 2.75) is 20.4 Å². The Labute approximate surface area is 195 Å². The molecule has 2 rings (SSSR count). The first kappa shape index (κ1) is 25.6. The van der Waals surface area contributed by atoms with Crippen LogP contribution in [0.1, 0.15) is 13.8 Å². The maximum Gasteiger partial charge on any atom is 0.352 e. The van der Waals surface area contributed by atoms with Crippen LogP contribution in [-0.2, 0) is 20.9 Å². The van der Waals surface area contributed by atoms with Crippen LogP contribution in [0.15, 0.2) is 41.7 Å². The number of likely N-dealkylation sites (N-methyl/N-ethyl adjacent to an activating group) is 1. The molecule has 0 aliphatic heterocycles. The second-order valence-corrected chi connectivity index (χ2v) is 7.97. The van der Waals surface area contributed by atoms with Gasteiger partial charge < -0.3 is 15.4 Å². The Morgan fingerprint density at radius 3 is 2.70 bits per heavy atom. The normalized spacial score (nSPS) is 12.2. The van der Waals surface area contributed by atoms with Crippen molar-refractivity contribution in [1.82, 2.24) is 9.47 Å². The Bertz CT molecular complexity index is 1240. The van der Waals surface area contributed by atoms with E-state index in [4.69, 9.17) is 4.74 Å². The van der Waals surface area contributed by atoms with E-state index in [9.17, 15) is 19.6 Å². The SMILES string of the molecule is C=CCOC(=O)C(C#N)=c1sc(=CNc2cccc(NC(=O)CN(C)CC)c2)c(=O)n1CC. The third-order valence-electron chi connectivity index (χ3n) is 4.56. The highest BCUT2D eigenvalue weighted by Crippen LogP contribution is 2.15. The van der Waals surface area contributed by atoms with E-state index in [1.807, 2.05) is 24.9 Å². The molecular formula is C23H27N5O4S. The number of hydrogen-bond acceptors (Lipinski definition) is 8. The van der Waals surface area contributed by atoms with Crippen LogP contribution >= 0.6 is 11.3 Å². The van der Waals surface area contributed by atoms with Crippen LogP contribution < -0.4 is 25.4 Å². The van der Waals surface area contributed by atoms with Gasteiger partial charge in [-0.2, -0.15) is 5.26 Å². The van der Waals surface area contributed by atoms with E-state index in [0.717, 1.165) is 17.9 Å². The van der Waals surface area contributed by atoms with E-state index in [1.165, 1.54) is 16.8 Å². The number of esters is 1. The van der Waals surface area contributed by atoms with Gasteiger partial charge in [-0.3, -0.25) is 19.1 Å². The first-order valence-corrected chi connectivity index (χ1v) is 11.1. The molecule has 0 radical (unpaired) electrons. The van der Waals surface area contributed by atoms with Crippen molar-refractivity contribution >= 4 is 46.4 Å². The molecule has 0 atom stereocenters. The molecule has 0 aliphatic rings. The minimum Gasteiger partial charge on any atom is -0.457 e. The molecule has 174 valence electrons. The van der Waals surface area contributed by atoms with Crippen molar-refractivity contribution in [3.63, 3.8) is 0 Å². The molecule has 33 heavy (non-hydrogen) atoms. The molecule has 0 bridgehead atoms. The van der Waals surface area contributed by atoms with Gasteiger partial charge in [0.25, 0.3) is 5.56 Å². The highest BCUT2D eigenvalue weighted by atomic mass is 32.1. The van der Waals surface area contributed by atoms with Crippen LogP contribution in [0.2, 0.25) is 0 Å². The number of carbonyl (C=O) groups excluding carboxylic acids is 2. The molecule has 9 nitrogen and oxygen atoms in total. The van der Waals surface area contributed by atoms with Crippen LogP contribution in [0, 0.1) is 11.3 Å². The van der Waals surface area contributed by atoms with E-state index in [-0.39, 0.29) is 41.4 Å². The third kappa shape index (κ3) is 6.90. The summed E-state index contributed by atoms with van der Waals surface area (Å²) in [5.74, 6) is -0.936. The predicted octanol–water partition coefficient (Wildman–Crippen LogP) is 1.07. The number of nitrogens with zero attached hydrogens (tertiary/aromatic N) is 3. The van der Waals surface area contributed by atoms with Crippen LogP contribution in [-0.4, -0.2) is 48.1 Å². The molecule has 1 aromatic carbocycles. The standard InChI is InChI=1S/C23H27N5O4S/c1-5-11-32-23(31)18(13-24)22-28(7-3)21(30)19(33-22)14-25-16-9-8-10-17(12-16)26-20(29)15-27(4)6-2/h5,8-10,12,14,25H,1,6-7,11,15H2,2-4H3,(H,26,29). The second-order valence-electron chi connectivity index (χ2n) is 6.94. The average Bonchev–Trinajstić information content (AvgIpc) is 3.11. The number of anilines is 2. The van der Waals surface area contributed by atoms with Gasteiger partial charge in [-0.15, -0.1) is 11.3 Å². The molecule has 10 heteroatoms. The summed E-state index contributed by atoms with van der Waals surface area (Å²) in [5.41, 5.74) is 0.707. The van der Waals surface area contributed by atoms with Gasteiger partial charge >= 0.3 is 5.97 Å². The summed E-state index contributed by atoms with van der Waals surface area (Å²) >= 11 is 1.02. The summed E-state index contributed by atoms with van der Waals surface area (Å²) < 4.78 is 6.86. The maximum atomic E-state index is 12.8. The average molecular weight is 470 g/mol. The first-order chi connectivity index (χ1) is 15.8. The smallest absolute Gasteiger partial charge is 0.352 e. The number of ether oxygens (including phenoxy) is 1. The van der Waals surface area contributed by atoms with Gasteiger partial charge in [0.2, 0.25) is 5.91 Å². The molecule has 1 amide bonds. The summed E-state index contributed by atoms with van der Waals surface area (Å²) in [7, 11) is 1.86. The Morgan fingerprint density at radius 2 is 2.06 bits per heavy atom. The fourth-order valence-electron chi connectivity index (χ4n) is 2.77. The predicted molar refractivity (Wildman–Crippen MR) is 130 cm³/mol. The number of hydrogen-bond donors (Lipinski definition) is 2. The van der Waals surface area contributed by atoms with E-state index < -0.39 is 5.97 Å². The van der Waals surface area contributed by atoms with Gasteiger partial charge in [0.05, 0.1) is 6.54 Å². The molecule has 0 spiro atoms. The lowest BCUT2D eigenvalue weighted by atomic mass is 10.2. The fourth-order valence-corrected chi connectivity index (χ4v) is 3.85. The van der Waals surface area contributed by atoms with Gasteiger partial charge in [-0.1, -0.05) is 25.6 Å². The van der Waals surface area contributed by atoms with Crippen molar-refractivity contribution in [1.29, 1.82) is 5.26 Å². The monoisotopic (exact) mass is 469 g/mol. The van der Waals surface area contributed by atoms with E-state index >= 15 is 0 Å². The number of thiazole rings is 1. The van der Waals surface area contributed by atoms with E-state index in [1.54, 1.807) is 31.2 Å². The minimum absolute atomic E-state index is 0.0338. The topological polar surface area (TPSA) is 116 Å². The largest absolute Gasteiger partial charge is 0.457 e. The molecular weight excluding hydrogens is 442 g/mol. The van der Waals surface area contributed by atoms with Crippen LogP contribution in [0.25, 0.3) is 11.8 Å². The summed E-state index contributed by atoms with van der Waals surface area (Å²) in [6, 6.07) is 8.91. The number of nitrogens with one attached hydrogen (secondary N) is 2. The van der Waals surface area contributed by atoms with Gasteiger partial charge in [0, 0.05) is 24.1 Å². The van der Waals surface area contributed by atoms with Crippen LogP contribution in [0.5, 0.6) is 0 Å². The molecule has 0 aliphatic carbocycles. The second kappa shape index (κ2) is 12.4. The molecule has 2 N–H and O–H groups in total.